The summed E-state index contributed by atoms with van der Waals surface area (Å²) in [4.78, 5) is 4.45. The number of aliphatic hydroxyl groups is 1. The molecule has 0 bridgehead atoms. The van der Waals surface area contributed by atoms with Gasteiger partial charge in [0.25, 0.3) is 0 Å². The number of nitrogens with zero attached hydrogens (tertiary/aromatic N) is 1. The van der Waals surface area contributed by atoms with Crippen LogP contribution in [0.4, 0.5) is 4.39 Å². The molecule has 78 valence electrons. The molecule has 1 atom stereocenters. The van der Waals surface area contributed by atoms with Gasteiger partial charge >= 0.3 is 0 Å². The molecule has 0 aliphatic heterocycles. The van der Waals surface area contributed by atoms with E-state index in [1.165, 1.54) is 23.6 Å². The molecule has 0 fully saturated rings. The first-order chi connectivity index (χ1) is 7.16. The average molecular weight is 288 g/mol. The van der Waals surface area contributed by atoms with E-state index < -0.39 is 11.9 Å². The van der Waals surface area contributed by atoms with Crippen molar-refractivity contribution in [1.82, 2.24) is 4.98 Å². The highest BCUT2D eigenvalue weighted by Crippen LogP contribution is 2.29. The molecule has 2 aromatic rings. The summed E-state index contributed by atoms with van der Waals surface area (Å²) in [5, 5.41) is 11.8. The molecule has 0 spiro atoms. The van der Waals surface area contributed by atoms with Gasteiger partial charge in [0.15, 0.2) is 0 Å². The molecule has 0 amide bonds. The molecule has 15 heavy (non-hydrogen) atoms. The molecule has 2 nitrogen and oxygen atoms in total. The number of hydrogen-bond acceptors (Lipinski definition) is 3. The minimum atomic E-state index is -0.815. The number of halogens is 2. The van der Waals surface area contributed by atoms with E-state index in [1.54, 1.807) is 6.07 Å². The summed E-state index contributed by atoms with van der Waals surface area (Å²) in [5.74, 6) is -0.442. The van der Waals surface area contributed by atoms with Crippen molar-refractivity contribution in [2.75, 3.05) is 0 Å². The quantitative estimate of drug-likeness (QED) is 0.921. The van der Waals surface area contributed by atoms with Gasteiger partial charge in [-0.05, 0) is 28.1 Å². The van der Waals surface area contributed by atoms with Crippen LogP contribution >= 0.6 is 27.3 Å². The van der Waals surface area contributed by atoms with Crippen LogP contribution in [0.3, 0.4) is 0 Å². The predicted molar refractivity (Wildman–Crippen MR) is 60.3 cm³/mol. The van der Waals surface area contributed by atoms with Crippen LogP contribution in [0.25, 0.3) is 0 Å². The van der Waals surface area contributed by atoms with Crippen molar-refractivity contribution in [3.63, 3.8) is 0 Å². The van der Waals surface area contributed by atoms with Crippen molar-refractivity contribution in [2.24, 2.45) is 0 Å². The second kappa shape index (κ2) is 4.38. The van der Waals surface area contributed by atoms with E-state index in [0.717, 1.165) is 15.5 Å². The molecule has 0 aliphatic rings. The van der Waals surface area contributed by atoms with Gasteiger partial charge in [0.1, 0.15) is 11.9 Å². The fraction of sp³-hybridized carbons (Fsp3) is 0.100. The lowest BCUT2D eigenvalue weighted by atomic mass is 10.1. The van der Waals surface area contributed by atoms with Crippen molar-refractivity contribution >= 4 is 27.3 Å². The zero-order valence-corrected chi connectivity index (χ0v) is 9.93. The standard InChI is InChI=1S/C10H7BrFNOS/c11-7-2-9(15-5-7)10(14)6-1-8(12)4-13-3-6/h1-5,10,14H. The van der Waals surface area contributed by atoms with Crippen LogP contribution in [0.5, 0.6) is 0 Å². The van der Waals surface area contributed by atoms with Crippen LogP contribution in [-0.2, 0) is 0 Å². The number of aliphatic hydroxyl groups excluding tert-OH is 1. The normalized spacial score (nSPS) is 12.7. The van der Waals surface area contributed by atoms with E-state index in [-0.39, 0.29) is 0 Å². The van der Waals surface area contributed by atoms with Gasteiger partial charge in [-0.3, -0.25) is 4.98 Å². The first-order valence-corrected chi connectivity index (χ1v) is 5.86. The molecular weight excluding hydrogens is 281 g/mol. The molecule has 0 saturated carbocycles. The van der Waals surface area contributed by atoms with Crippen LogP contribution in [-0.4, -0.2) is 10.1 Å². The molecule has 2 aromatic heterocycles. The van der Waals surface area contributed by atoms with Gasteiger partial charge < -0.3 is 5.11 Å². The second-order valence-corrected chi connectivity index (χ2v) is 4.86. The third-order valence-electron chi connectivity index (χ3n) is 1.90. The molecular formula is C10H7BrFNOS. The van der Waals surface area contributed by atoms with E-state index in [2.05, 4.69) is 20.9 Å². The summed E-state index contributed by atoms with van der Waals surface area (Å²) >= 11 is 4.71. The van der Waals surface area contributed by atoms with E-state index in [0.29, 0.717) is 5.56 Å². The van der Waals surface area contributed by atoms with E-state index in [1.807, 2.05) is 5.38 Å². The summed E-state index contributed by atoms with van der Waals surface area (Å²) in [7, 11) is 0. The second-order valence-electron chi connectivity index (χ2n) is 3.01. The van der Waals surface area contributed by atoms with Crippen molar-refractivity contribution < 1.29 is 9.50 Å². The Labute approximate surface area is 98.5 Å². The van der Waals surface area contributed by atoms with Crippen molar-refractivity contribution in [3.8, 4) is 0 Å². The molecule has 5 heteroatoms. The highest BCUT2D eigenvalue weighted by molar-refractivity contribution is 9.10. The lowest BCUT2D eigenvalue weighted by Gasteiger charge is -2.07. The molecule has 0 radical (unpaired) electrons. The Morgan fingerprint density at radius 1 is 1.40 bits per heavy atom. The smallest absolute Gasteiger partial charge is 0.141 e. The first-order valence-electron chi connectivity index (χ1n) is 4.19. The number of rotatable bonds is 2. The molecule has 0 saturated heterocycles. The number of aromatic nitrogens is 1. The highest BCUT2D eigenvalue weighted by Gasteiger charge is 2.13. The van der Waals surface area contributed by atoms with Gasteiger partial charge in [0, 0.05) is 26.5 Å². The SMILES string of the molecule is OC(c1cncc(F)c1)c1cc(Br)cs1. The fourth-order valence-corrected chi connectivity index (χ4v) is 2.67. The summed E-state index contributed by atoms with van der Waals surface area (Å²) in [6, 6.07) is 3.09. The van der Waals surface area contributed by atoms with Gasteiger partial charge in [-0.25, -0.2) is 4.39 Å². The fourth-order valence-electron chi connectivity index (χ4n) is 1.21. The third-order valence-corrected chi connectivity index (χ3v) is 3.64. The minimum absolute atomic E-state index is 0.442. The summed E-state index contributed by atoms with van der Waals surface area (Å²) in [6.45, 7) is 0. The topological polar surface area (TPSA) is 33.1 Å². The number of hydrogen-bond donors (Lipinski definition) is 1. The predicted octanol–water partition coefficient (Wildman–Crippen LogP) is 3.13. The monoisotopic (exact) mass is 287 g/mol. The maximum absolute atomic E-state index is 12.9. The van der Waals surface area contributed by atoms with Gasteiger partial charge in [-0.1, -0.05) is 0 Å². The van der Waals surface area contributed by atoms with Crippen molar-refractivity contribution in [3.05, 3.63) is 50.6 Å². The van der Waals surface area contributed by atoms with Crippen LogP contribution in [0.2, 0.25) is 0 Å². The third kappa shape index (κ3) is 2.42. The van der Waals surface area contributed by atoms with E-state index in [9.17, 15) is 9.50 Å². The van der Waals surface area contributed by atoms with Crippen LogP contribution in [0.15, 0.2) is 34.4 Å². The average Bonchev–Trinajstić information content (AvgIpc) is 2.64. The molecule has 2 heterocycles. The largest absolute Gasteiger partial charge is 0.383 e. The maximum atomic E-state index is 12.9. The van der Waals surface area contributed by atoms with Crippen molar-refractivity contribution in [2.45, 2.75) is 6.10 Å². The Bertz CT molecular complexity index is 474. The highest BCUT2D eigenvalue weighted by atomic mass is 79.9. The maximum Gasteiger partial charge on any atom is 0.141 e. The summed E-state index contributed by atoms with van der Waals surface area (Å²) in [6.07, 6.45) is 1.76. The van der Waals surface area contributed by atoms with E-state index in [4.69, 9.17) is 0 Å². The Kier molecular flexibility index (Phi) is 3.14. The van der Waals surface area contributed by atoms with Gasteiger partial charge in [0.05, 0.1) is 6.20 Å². The van der Waals surface area contributed by atoms with E-state index >= 15 is 0 Å². The summed E-state index contributed by atoms with van der Waals surface area (Å²) < 4.78 is 13.8. The molecule has 1 N–H and O–H groups in total. The molecule has 2 rings (SSSR count). The van der Waals surface area contributed by atoms with Gasteiger partial charge in [-0.15, -0.1) is 11.3 Å². The zero-order valence-electron chi connectivity index (χ0n) is 7.52. The van der Waals surface area contributed by atoms with Crippen molar-refractivity contribution in [1.29, 1.82) is 0 Å². The van der Waals surface area contributed by atoms with Crippen LogP contribution < -0.4 is 0 Å². The summed E-state index contributed by atoms with van der Waals surface area (Å²) in [5.41, 5.74) is 0.462. The number of pyridine rings is 1. The first kappa shape index (κ1) is 10.7. The lowest BCUT2D eigenvalue weighted by Crippen LogP contribution is -1.98. The molecule has 0 aromatic carbocycles. The van der Waals surface area contributed by atoms with Crippen LogP contribution in [0.1, 0.15) is 16.5 Å². The molecule has 0 aliphatic carbocycles. The Balaban J connectivity index is 2.32. The zero-order chi connectivity index (χ0) is 10.8. The minimum Gasteiger partial charge on any atom is -0.383 e. The van der Waals surface area contributed by atoms with Crippen LogP contribution in [0, 0.1) is 5.82 Å². The Morgan fingerprint density at radius 2 is 2.20 bits per heavy atom. The van der Waals surface area contributed by atoms with Gasteiger partial charge in [-0.2, -0.15) is 0 Å². The number of thiophene rings is 1. The Morgan fingerprint density at radius 3 is 2.80 bits per heavy atom. The Hall–Kier alpha value is -0.780. The van der Waals surface area contributed by atoms with Gasteiger partial charge in [0.2, 0.25) is 0 Å². The molecule has 1 unspecified atom stereocenters. The lowest BCUT2D eigenvalue weighted by molar-refractivity contribution is 0.223.